The Balaban J connectivity index is 2.01. The lowest BCUT2D eigenvalue weighted by Crippen LogP contribution is -2.11. The molecule has 3 N–H and O–H groups in total. The minimum absolute atomic E-state index is 0.0340. The highest BCUT2D eigenvalue weighted by molar-refractivity contribution is 5.93. The first kappa shape index (κ1) is 12.5. The number of hydrogen-bond donors (Lipinski definition) is 2. The fourth-order valence-corrected chi connectivity index (χ4v) is 1.81. The van der Waals surface area contributed by atoms with Gasteiger partial charge in [-0.1, -0.05) is 6.07 Å². The van der Waals surface area contributed by atoms with E-state index in [4.69, 9.17) is 5.73 Å². The van der Waals surface area contributed by atoms with E-state index in [1.165, 1.54) is 0 Å². The monoisotopic (exact) mass is 243 g/mol. The Morgan fingerprint density at radius 1 is 1.28 bits per heavy atom. The molecule has 0 atom stereocenters. The third-order valence-corrected chi connectivity index (χ3v) is 2.74. The van der Waals surface area contributed by atoms with Gasteiger partial charge in [-0.05, 0) is 43.7 Å². The number of nitrogens with zero attached hydrogens (tertiary/aromatic N) is 1. The highest BCUT2D eigenvalue weighted by Crippen LogP contribution is 2.17. The third-order valence-electron chi connectivity index (χ3n) is 2.74. The van der Waals surface area contributed by atoms with Crippen LogP contribution >= 0.6 is 0 Å². The second-order valence-electron chi connectivity index (χ2n) is 4.20. The molecule has 1 amide bonds. The molecule has 0 unspecified atom stereocenters. The Kier molecular flexibility index (Phi) is 4.25. The minimum Gasteiger partial charge on any atom is -0.330 e. The largest absolute Gasteiger partial charge is 0.330 e. The van der Waals surface area contributed by atoms with Crippen molar-refractivity contribution in [3.05, 3.63) is 36.5 Å². The third kappa shape index (κ3) is 3.28. The maximum atomic E-state index is 11.7. The first-order chi connectivity index (χ1) is 8.79. The van der Waals surface area contributed by atoms with Gasteiger partial charge in [-0.3, -0.25) is 9.78 Å². The van der Waals surface area contributed by atoms with E-state index in [2.05, 4.69) is 10.3 Å². The standard InChI is InChI=1S/C14H17N3O/c15-8-2-1-5-14(18)17-12-6-7-13-11(10-12)4-3-9-16-13/h3-4,6-7,9-10H,1-2,5,8,15H2,(H,17,18). The Morgan fingerprint density at radius 3 is 3.00 bits per heavy atom. The van der Waals surface area contributed by atoms with Crippen molar-refractivity contribution in [1.29, 1.82) is 0 Å². The molecule has 0 fully saturated rings. The summed E-state index contributed by atoms with van der Waals surface area (Å²) in [6, 6.07) is 9.58. The number of hydrogen-bond acceptors (Lipinski definition) is 3. The van der Waals surface area contributed by atoms with E-state index in [0.717, 1.165) is 29.4 Å². The quantitative estimate of drug-likeness (QED) is 0.792. The predicted octanol–water partition coefficient (Wildman–Crippen LogP) is 2.30. The molecule has 4 heteroatoms. The average Bonchev–Trinajstić information content (AvgIpc) is 2.39. The van der Waals surface area contributed by atoms with Gasteiger partial charge >= 0.3 is 0 Å². The van der Waals surface area contributed by atoms with Crippen LogP contribution in [0.2, 0.25) is 0 Å². The van der Waals surface area contributed by atoms with Crippen molar-refractivity contribution in [2.45, 2.75) is 19.3 Å². The molecular weight excluding hydrogens is 226 g/mol. The van der Waals surface area contributed by atoms with Gasteiger partial charge in [-0.2, -0.15) is 0 Å². The van der Waals surface area contributed by atoms with Crippen LogP contribution in [0.25, 0.3) is 10.9 Å². The number of nitrogens with two attached hydrogens (primary N) is 1. The lowest BCUT2D eigenvalue weighted by atomic mass is 10.2. The van der Waals surface area contributed by atoms with E-state index >= 15 is 0 Å². The van der Waals surface area contributed by atoms with Crippen LogP contribution in [0.15, 0.2) is 36.5 Å². The topological polar surface area (TPSA) is 68.0 Å². The molecule has 0 bridgehead atoms. The van der Waals surface area contributed by atoms with Gasteiger partial charge in [0.1, 0.15) is 0 Å². The summed E-state index contributed by atoms with van der Waals surface area (Å²) in [5.41, 5.74) is 7.13. The molecule has 0 saturated carbocycles. The van der Waals surface area contributed by atoms with E-state index in [1.807, 2.05) is 30.3 Å². The Hall–Kier alpha value is -1.94. The number of rotatable bonds is 5. The molecular formula is C14H17N3O. The normalized spacial score (nSPS) is 10.5. The second kappa shape index (κ2) is 6.12. The Bertz CT molecular complexity index is 539. The van der Waals surface area contributed by atoms with Crippen molar-refractivity contribution in [1.82, 2.24) is 4.98 Å². The zero-order valence-corrected chi connectivity index (χ0v) is 10.2. The number of unbranched alkanes of at least 4 members (excludes halogenated alkanes) is 1. The van der Waals surface area contributed by atoms with E-state index < -0.39 is 0 Å². The number of pyridine rings is 1. The summed E-state index contributed by atoms with van der Waals surface area (Å²) >= 11 is 0. The molecule has 0 aliphatic carbocycles. The summed E-state index contributed by atoms with van der Waals surface area (Å²) in [6.45, 7) is 0.634. The van der Waals surface area contributed by atoms with Gasteiger partial charge in [0.05, 0.1) is 5.52 Å². The van der Waals surface area contributed by atoms with E-state index in [1.54, 1.807) is 6.20 Å². The smallest absolute Gasteiger partial charge is 0.224 e. The molecule has 0 radical (unpaired) electrons. The Morgan fingerprint density at radius 2 is 2.17 bits per heavy atom. The van der Waals surface area contributed by atoms with Crippen LogP contribution in [0.1, 0.15) is 19.3 Å². The van der Waals surface area contributed by atoms with Crippen molar-refractivity contribution < 1.29 is 4.79 Å². The van der Waals surface area contributed by atoms with Crippen molar-refractivity contribution in [2.24, 2.45) is 5.73 Å². The number of aromatic nitrogens is 1. The molecule has 1 heterocycles. The van der Waals surface area contributed by atoms with Gasteiger partial charge in [0.25, 0.3) is 0 Å². The van der Waals surface area contributed by atoms with Gasteiger partial charge < -0.3 is 11.1 Å². The SMILES string of the molecule is NCCCCC(=O)Nc1ccc2ncccc2c1. The number of fused-ring (bicyclic) bond motifs is 1. The van der Waals surface area contributed by atoms with Gasteiger partial charge in [0, 0.05) is 23.7 Å². The molecule has 0 saturated heterocycles. The van der Waals surface area contributed by atoms with E-state index in [-0.39, 0.29) is 5.91 Å². The van der Waals surface area contributed by atoms with Crippen molar-refractivity contribution in [3.63, 3.8) is 0 Å². The fraction of sp³-hybridized carbons (Fsp3) is 0.286. The average molecular weight is 243 g/mol. The fourth-order valence-electron chi connectivity index (χ4n) is 1.81. The number of anilines is 1. The molecule has 4 nitrogen and oxygen atoms in total. The summed E-state index contributed by atoms with van der Waals surface area (Å²) < 4.78 is 0. The second-order valence-corrected chi connectivity index (χ2v) is 4.20. The first-order valence-corrected chi connectivity index (χ1v) is 6.14. The number of nitrogens with one attached hydrogen (secondary N) is 1. The van der Waals surface area contributed by atoms with Crippen molar-refractivity contribution in [3.8, 4) is 0 Å². The van der Waals surface area contributed by atoms with Crippen molar-refractivity contribution in [2.75, 3.05) is 11.9 Å². The molecule has 2 aromatic rings. The molecule has 0 aliphatic heterocycles. The summed E-state index contributed by atoms with van der Waals surface area (Å²) in [7, 11) is 0. The maximum absolute atomic E-state index is 11.7. The molecule has 2 rings (SSSR count). The highest BCUT2D eigenvalue weighted by atomic mass is 16.1. The molecule has 1 aromatic carbocycles. The summed E-state index contributed by atoms with van der Waals surface area (Å²) in [6.07, 6.45) is 3.99. The number of benzene rings is 1. The summed E-state index contributed by atoms with van der Waals surface area (Å²) in [5.74, 6) is 0.0340. The highest BCUT2D eigenvalue weighted by Gasteiger charge is 2.02. The molecule has 18 heavy (non-hydrogen) atoms. The van der Waals surface area contributed by atoms with Crippen LogP contribution < -0.4 is 11.1 Å². The summed E-state index contributed by atoms with van der Waals surface area (Å²) in [5, 5.41) is 3.91. The maximum Gasteiger partial charge on any atom is 0.224 e. The Labute approximate surface area is 106 Å². The van der Waals surface area contributed by atoms with Crippen LogP contribution in [0.4, 0.5) is 5.69 Å². The van der Waals surface area contributed by atoms with Gasteiger partial charge in [-0.15, -0.1) is 0 Å². The molecule has 94 valence electrons. The lowest BCUT2D eigenvalue weighted by molar-refractivity contribution is -0.116. The number of amides is 1. The molecule has 0 spiro atoms. The predicted molar refractivity (Wildman–Crippen MR) is 73.3 cm³/mol. The van der Waals surface area contributed by atoms with Crippen LogP contribution in [-0.2, 0) is 4.79 Å². The lowest BCUT2D eigenvalue weighted by Gasteiger charge is -2.06. The number of carbonyl (C=O) groups is 1. The van der Waals surface area contributed by atoms with Gasteiger partial charge in [0.2, 0.25) is 5.91 Å². The van der Waals surface area contributed by atoms with Gasteiger partial charge in [0.15, 0.2) is 0 Å². The van der Waals surface area contributed by atoms with Crippen LogP contribution in [0.3, 0.4) is 0 Å². The van der Waals surface area contributed by atoms with Crippen molar-refractivity contribution >= 4 is 22.5 Å². The van der Waals surface area contributed by atoms with Crippen LogP contribution in [0.5, 0.6) is 0 Å². The zero-order valence-electron chi connectivity index (χ0n) is 10.2. The van der Waals surface area contributed by atoms with Crippen LogP contribution in [0, 0.1) is 0 Å². The molecule has 1 aromatic heterocycles. The van der Waals surface area contributed by atoms with E-state index in [9.17, 15) is 4.79 Å². The first-order valence-electron chi connectivity index (χ1n) is 6.14. The van der Waals surface area contributed by atoms with E-state index in [0.29, 0.717) is 13.0 Å². The van der Waals surface area contributed by atoms with Crippen LogP contribution in [-0.4, -0.2) is 17.4 Å². The van der Waals surface area contributed by atoms with Gasteiger partial charge in [-0.25, -0.2) is 0 Å². The molecule has 0 aliphatic rings. The number of carbonyl (C=O) groups excluding carboxylic acids is 1. The zero-order chi connectivity index (χ0) is 12.8. The summed E-state index contributed by atoms with van der Waals surface area (Å²) in [4.78, 5) is 15.9. The minimum atomic E-state index is 0.0340.